The molecule has 0 unspecified atom stereocenters. The minimum Gasteiger partial charge on any atom is -0.492 e. The van der Waals surface area contributed by atoms with E-state index in [0.717, 1.165) is 5.56 Å². The van der Waals surface area contributed by atoms with Gasteiger partial charge in [-0.05, 0) is 35.9 Å². The number of hydrogen-bond donors (Lipinski definition) is 2. The van der Waals surface area contributed by atoms with E-state index in [2.05, 4.69) is 20.7 Å². The van der Waals surface area contributed by atoms with Crippen molar-refractivity contribution >= 4 is 28.7 Å². The maximum Gasteiger partial charge on any atom is 0.273 e. The van der Waals surface area contributed by atoms with Crippen LogP contribution in [0, 0.1) is 11.6 Å². The van der Waals surface area contributed by atoms with Crippen molar-refractivity contribution in [2.75, 3.05) is 21.0 Å². The topological polar surface area (TPSA) is 116 Å². The maximum atomic E-state index is 13.8. The number of ether oxygens (including phenoxy) is 4. The molecule has 0 fully saturated rings. The van der Waals surface area contributed by atoms with E-state index in [1.807, 2.05) is 0 Å². The van der Waals surface area contributed by atoms with Crippen molar-refractivity contribution in [1.29, 1.82) is 0 Å². The highest BCUT2D eigenvalue weighted by Gasteiger charge is 2.34. The van der Waals surface area contributed by atoms with Gasteiger partial charge in [0.05, 0.1) is 31.7 Å². The monoisotopic (exact) mass is 562 g/mol. The molecule has 6 rings (SSSR count). The first kappa shape index (κ1) is 26.1. The van der Waals surface area contributed by atoms with Crippen molar-refractivity contribution in [3.05, 3.63) is 82.5 Å². The number of methoxy groups -OCH3 is 2. The van der Waals surface area contributed by atoms with E-state index in [1.165, 1.54) is 50.9 Å². The molecule has 1 aromatic heterocycles. The van der Waals surface area contributed by atoms with E-state index in [0.29, 0.717) is 63.6 Å². The quantitative estimate of drug-likeness (QED) is 0.238. The number of benzene rings is 3. The largest absolute Gasteiger partial charge is 0.492 e. The van der Waals surface area contributed by atoms with Gasteiger partial charge in [0.15, 0.2) is 11.5 Å². The third kappa shape index (κ3) is 4.88. The molecular formula is C29H24F2N4O6. The number of oxime groups is 1. The SMILES string of the molecule is COc1c(/C=N\NC(=O)c2c[nH]c3ccc(F)cc23)c(C[C@@H]2CC(c3ccc(F)cc3)=NO2)c(OC)c2c1OCO2. The summed E-state index contributed by atoms with van der Waals surface area (Å²) in [6.45, 7) is -0.0340. The van der Waals surface area contributed by atoms with Crippen LogP contribution >= 0.6 is 0 Å². The number of fused-ring (bicyclic) bond motifs is 2. The highest BCUT2D eigenvalue weighted by molar-refractivity contribution is 6.07. The van der Waals surface area contributed by atoms with Gasteiger partial charge in [0.25, 0.3) is 5.91 Å². The molecule has 1 amide bonds. The summed E-state index contributed by atoms with van der Waals surface area (Å²) in [6.07, 6.45) is 3.28. The number of hydrazone groups is 1. The van der Waals surface area contributed by atoms with Crippen LogP contribution < -0.4 is 24.4 Å². The normalized spacial score (nSPS) is 15.7. The molecule has 12 heteroatoms. The average Bonchev–Trinajstić information content (AvgIpc) is 3.73. The second kappa shape index (κ2) is 10.8. The van der Waals surface area contributed by atoms with Crippen LogP contribution in [0.2, 0.25) is 0 Å². The third-order valence-electron chi connectivity index (χ3n) is 6.87. The number of H-pyrrole nitrogens is 1. The second-order valence-electron chi connectivity index (χ2n) is 9.30. The zero-order valence-electron chi connectivity index (χ0n) is 22.0. The first-order valence-electron chi connectivity index (χ1n) is 12.6. The molecule has 2 aliphatic rings. The van der Waals surface area contributed by atoms with E-state index in [4.69, 9.17) is 23.8 Å². The lowest BCUT2D eigenvalue weighted by Crippen LogP contribution is -2.18. The zero-order valence-corrected chi connectivity index (χ0v) is 22.0. The molecule has 3 aromatic carbocycles. The molecule has 0 saturated carbocycles. The molecular weight excluding hydrogens is 538 g/mol. The van der Waals surface area contributed by atoms with Gasteiger partial charge >= 0.3 is 0 Å². The molecule has 0 radical (unpaired) electrons. The van der Waals surface area contributed by atoms with E-state index in [-0.39, 0.29) is 18.2 Å². The number of carbonyl (C=O) groups is 1. The lowest BCUT2D eigenvalue weighted by molar-refractivity contribution is 0.0853. The van der Waals surface area contributed by atoms with Crippen molar-refractivity contribution in [3.63, 3.8) is 0 Å². The summed E-state index contributed by atoms with van der Waals surface area (Å²) in [7, 11) is 2.98. The Bertz CT molecular complexity index is 1700. The van der Waals surface area contributed by atoms with Crippen LogP contribution in [0.5, 0.6) is 23.0 Å². The van der Waals surface area contributed by atoms with Crippen molar-refractivity contribution in [3.8, 4) is 23.0 Å². The molecule has 4 aromatic rings. The Morgan fingerprint density at radius 3 is 2.59 bits per heavy atom. The molecule has 0 aliphatic carbocycles. The number of hydrogen-bond acceptors (Lipinski definition) is 8. The molecule has 2 N–H and O–H groups in total. The van der Waals surface area contributed by atoms with E-state index < -0.39 is 17.8 Å². The number of carbonyl (C=O) groups excluding carboxylic acids is 1. The van der Waals surface area contributed by atoms with E-state index >= 15 is 0 Å². The second-order valence-corrected chi connectivity index (χ2v) is 9.30. The lowest BCUT2D eigenvalue weighted by atomic mass is 9.95. The standard InChI is InChI=1S/C29H24F2N4O6/c1-37-25-20(10-18-11-24(35-41-18)15-3-5-16(30)6-4-15)21(26(38-2)28-27(25)39-14-40-28)13-33-34-29(36)22-12-32-23-8-7-17(31)9-19(22)23/h3-9,12-13,18,32H,10-11,14H2,1-2H3,(H,34,36)/b33-13-/t18-/m1/s1. The van der Waals surface area contributed by atoms with Crippen LogP contribution in [0.4, 0.5) is 8.78 Å². The highest BCUT2D eigenvalue weighted by Crippen LogP contribution is 2.52. The molecule has 2 aliphatic heterocycles. The molecule has 0 bridgehead atoms. The van der Waals surface area contributed by atoms with E-state index in [1.54, 1.807) is 18.2 Å². The first-order valence-corrected chi connectivity index (χ1v) is 12.6. The van der Waals surface area contributed by atoms with Crippen LogP contribution in [0.15, 0.2) is 58.9 Å². The number of aromatic nitrogens is 1. The Morgan fingerprint density at radius 1 is 1.10 bits per heavy atom. The number of rotatable bonds is 8. The summed E-state index contributed by atoms with van der Waals surface area (Å²) >= 11 is 0. The lowest BCUT2D eigenvalue weighted by Gasteiger charge is -2.19. The van der Waals surface area contributed by atoms with Crippen LogP contribution in [-0.4, -0.2) is 49.9 Å². The Balaban J connectivity index is 1.30. The number of amides is 1. The number of halogens is 2. The fourth-order valence-electron chi connectivity index (χ4n) is 4.97. The van der Waals surface area contributed by atoms with Crippen molar-refractivity contribution in [2.45, 2.75) is 18.9 Å². The Kier molecular flexibility index (Phi) is 6.88. The highest BCUT2D eigenvalue weighted by atomic mass is 19.1. The first-order chi connectivity index (χ1) is 20.0. The molecule has 3 heterocycles. The van der Waals surface area contributed by atoms with Gasteiger partial charge < -0.3 is 28.8 Å². The fourth-order valence-corrected chi connectivity index (χ4v) is 4.97. The fraction of sp³-hybridized carbons (Fsp3) is 0.207. The predicted octanol–water partition coefficient (Wildman–Crippen LogP) is 4.69. The smallest absolute Gasteiger partial charge is 0.273 e. The zero-order chi connectivity index (χ0) is 28.5. The molecule has 41 heavy (non-hydrogen) atoms. The van der Waals surface area contributed by atoms with Crippen molar-refractivity contribution in [2.24, 2.45) is 10.3 Å². The summed E-state index contributed by atoms with van der Waals surface area (Å²) in [5, 5.41) is 8.80. The van der Waals surface area contributed by atoms with Crippen molar-refractivity contribution < 1.29 is 37.4 Å². The van der Waals surface area contributed by atoms with Gasteiger partial charge in [-0.2, -0.15) is 5.10 Å². The van der Waals surface area contributed by atoms with Crippen LogP contribution in [0.3, 0.4) is 0 Å². The Labute approximate surface area is 232 Å². The molecule has 1 atom stereocenters. The van der Waals surface area contributed by atoms with Crippen LogP contribution in [0.25, 0.3) is 10.9 Å². The van der Waals surface area contributed by atoms with Gasteiger partial charge in [0, 0.05) is 41.1 Å². The number of nitrogens with zero attached hydrogens (tertiary/aromatic N) is 2. The van der Waals surface area contributed by atoms with Gasteiger partial charge in [-0.25, -0.2) is 14.2 Å². The van der Waals surface area contributed by atoms with Crippen molar-refractivity contribution in [1.82, 2.24) is 10.4 Å². The van der Waals surface area contributed by atoms with Crippen LogP contribution in [0.1, 0.15) is 33.5 Å². The van der Waals surface area contributed by atoms with Gasteiger partial charge in [-0.3, -0.25) is 4.79 Å². The predicted molar refractivity (Wildman–Crippen MR) is 145 cm³/mol. The number of aromatic amines is 1. The third-order valence-corrected chi connectivity index (χ3v) is 6.87. The van der Waals surface area contributed by atoms with Gasteiger partial charge in [0.2, 0.25) is 18.3 Å². The average molecular weight is 563 g/mol. The minimum absolute atomic E-state index is 0.0340. The van der Waals surface area contributed by atoms with Gasteiger partial charge in [0.1, 0.15) is 17.7 Å². The summed E-state index contributed by atoms with van der Waals surface area (Å²) in [4.78, 5) is 21.6. The molecule has 0 spiro atoms. The van der Waals surface area contributed by atoms with Gasteiger partial charge in [-0.1, -0.05) is 17.3 Å². The van der Waals surface area contributed by atoms with E-state index in [9.17, 15) is 13.6 Å². The number of nitrogens with one attached hydrogen (secondary N) is 2. The molecule has 210 valence electrons. The molecule has 10 nitrogen and oxygen atoms in total. The summed E-state index contributed by atoms with van der Waals surface area (Å²) in [5.74, 6) is 0.104. The molecule has 0 saturated heterocycles. The minimum atomic E-state index is -0.539. The van der Waals surface area contributed by atoms with Gasteiger partial charge in [-0.15, -0.1) is 0 Å². The Morgan fingerprint density at radius 2 is 1.83 bits per heavy atom. The Hall–Kier alpha value is -5.13. The summed E-state index contributed by atoms with van der Waals surface area (Å²) < 4.78 is 49.9. The maximum absolute atomic E-state index is 13.8. The summed E-state index contributed by atoms with van der Waals surface area (Å²) in [6, 6.07) is 10.2. The summed E-state index contributed by atoms with van der Waals surface area (Å²) in [5.41, 5.74) is 5.87. The van der Waals surface area contributed by atoms with Crippen LogP contribution in [-0.2, 0) is 11.3 Å².